The molecule has 0 aliphatic heterocycles. The van der Waals surface area contributed by atoms with Crippen LogP contribution >= 0.6 is 0 Å². The minimum absolute atomic E-state index is 0.00632. The van der Waals surface area contributed by atoms with Gasteiger partial charge in [-0.3, -0.25) is 4.79 Å². The van der Waals surface area contributed by atoms with Gasteiger partial charge in [-0.25, -0.2) is 0 Å². The van der Waals surface area contributed by atoms with E-state index in [1.165, 1.54) is 51.4 Å². The lowest BCUT2D eigenvalue weighted by Gasteiger charge is -2.18. The Balaban J connectivity index is 2.32. The smallest absolute Gasteiger partial charge is 0.309 e. The summed E-state index contributed by atoms with van der Waals surface area (Å²) in [4.78, 5) is 12.6. The first-order chi connectivity index (χ1) is 14.2. The molecule has 0 aliphatic rings. The summed E-state index contributed by atoms with van der Waals surface area (Å²) in [6.45, 7) is 4.53. The van der Waals surface area contributed by atoms with E-state index in [9.17, 15) is 9.90 Å². The molecule has 1 aromatic rings. The predicted octanol–water partition coefficient (Wildman–Crippen LogP) is 6.31. The number of rotatable bonds is 18. The molecule has 0 saturated heterocycles. The minimum atomic E-state index is -0.811. The number of hydrogen-bond acceptors (Lipinski definition) is 4. The van der Waals surface area contributed by atoms with Crippen LogP contribution in [-0.4, -0.2) is 30.4 Å². The molecule has 4 heteroatoms. The molecule has 0 bridgehead atoms. The van der Waals surface area contributed by atoms with E-state index in [1.807, 2.05) is 30.3 Å². The van der Waals surface area contributed by atoms with Crippen LogP contribution in [0.15, 0.2) is 30.3 Å². The second kappa shape index (κ2) is 17.3. The van der Waals surface area contributed by atoms with E-state index < -0.39 is 6.10 Å². The van der Waals surface area contributed by atoms with Crippen molar-refractivity contribution in [1.29, 1.82) is 0 Å². The van der Waals surface area contributed by atoms with Gasteiger partial charge in [-0.2, -0.15) is 0 Å². The third-order valence-corrected chi connectivity index (χ3v) is 5.25. The van der Waals surface area contributed by atoms with Gasteiger partial charge < -0.3 is 14.6 Å². The maximum atomic E-state index is 12.6. The molecule has 1 N–H and O–H groups in total. The molecule has 4 nitrogen and oxygen atoms in total. The Morgan fingerprint density at radius 3 is 2.00 bits per heavy atom. The quantitative estimate of drug-likeness (QED) is 0.229. The van der Waals surface area contributed by atoms with E-state index in [4.69, 9.17) is 9.47 Å². The molecule has 166 valence electrons. The van der Waals surface area contributed by atoms with Gasteiger partial charge in [0.05, 0.1) is 5.92 Å². The van der Waals surface area contributed by atoms with Crippen LogP contribution in [0.2, 0.25) is 0 Å². The zero-order valence-corrected chi connectivity index (χ0v) is 18.6. The zero-order chi connectivity index (χ0) is 21.2. The van der Waals surface area contributed by atoms with Gasteiger partial charge in [0.2, 0.25) is 0 Å². The summed E-state index contributed by atoms with van der Waals surface area (Å²) in [7, 11) is 0. The van der Waals surface area contributed by atoms with Crippen molar-refractivity contribution in [1.82, 2.24) is 0 Å². The molecule has 0 amide bonds. The second-order valence-corrected chi connectivity index (χ2v) is 8.01. The highest BCUT2D eigenvalue weighted by Gasteiger charge is 2.20. The monoisotopic (exact) mass is 406 g/mol. The zero-order valence-electron chi connectivity index (χ0n) is 18.6. The minimum Gasteiger partial charge on any atom is -0.491 e. The number of carbonyl (C=O) groups is 1. The number of aliphatic hydroxyl groups is 1. The largest absolute Gasteiger partial charge is 0.491 e. The maximum absolute atomic E-state index is 12.6. The Bertz CT molecular complexity index is 503. The Hall–Kier alpha value is -1.55. The molecule has 2 unspecified atom stereocenters. The van der Waals surface area contributed by atoms with Crippen LogP contribution in [0.25, 0.3) is 0 Å². The van der Waals surface area contributed by atoms with E-state index in [0.29, 0.717) is 5.75 Å². The van der Waals surface area contributed by atoms with E-state index in [0.717, 1.165) is 25.7 Å². The summed E-state index contributed by atoms with van der Waals surface area (Å²) in [5.74, 6) is 0.504. The Labute approximate surface area is 178 Å². The first kappa shape index (κ1) is 25.5. The summed E-state index contributed by atoms with van der Waals surface area (Å²) in [6, 6.07) is 9.35. The molecule has 0 fully saturated rings. The summed E-state index contributed by atoms with van der Waals surface area (Å²) < 4.78 is 11.0. The number of aliphatic hydroxyl groups excluding tert-OH is 1. The molecule has 0 aromatic heterocycles. The summed E-state index contributed by atoms with van der Waals surface area (Å²) in [6.07, 6.45) is 13.0. The third kappa shape index (κ3) is 13.3. The van der Waals surface area contributed by atoms with Crippen LogP contribution in [0.4, 0.5) is 0 Å². The van der Waals surface area contributed by atoms with E-state index in [-0.39, 0.29) is 25.1 Å². The highest BCUT2D eigenvalue weighted by molar-refractivity contribution is 5.72. The SMILES string of the molecule is CCCCCCCCC(CCCCCC)C(=O)OCC(O)COc1ccccc1. The van der Waals surface area contributed by atoms with Gasteiger partial charge in [-0.15, -0.1) is 0 Å². The predicted molar refractivity (Wildman–Crippen MR) is 119 cm³/mol. The van der Waals surface area contributed by atoms with Crippen LogP contribution < -0.4 is 4.74 Å². The topological polar surface area (TPSA) is 55.8 Å². The molecule has 0 heterocycles. The van der Waals surface area contributed by atoms with Crippen molar-refractivity contribution in [3.8, 4) is 5.75 Å². The molecule has 0 radical (unpaired) electrons. The van der Waals surface area contributed by atoms with Crippen molar-refractivity contribution < 1.29 is 19.4 Å². The molecule has 2 atom stereocenters. The van der Waals surface area contributed by atoms with Crippen molar-refractivity contribution in [2.45, 2.75) is 97.0 Å². The summed E-state index contributed by atoms with van der Waals surface area (Å²) >= 11 is 0. The highest BCUT2D eigenvalue weighted by Crippen LogP contribution is 2.20. The molecule has 29 heavy (non-hydrogen) atoms. The van der Waals surface area contributed by atoms with E-state index in [2.05, 4.69) is 13.8 Å². The average molecular weight is 407 g/mol. The number of hydrogen-bond donors (Lipinski definition) is 1. The lowest BCUT2D eigenvalue weighted by atomic mass is 9.94. The van der Waals surface area contributed by atoms with Crippen LogP contribution in [0, 0.1) is 5.92 Å². The molecule has 1 aromatic carbocycles. The van der Waals surface area contributed by atoms with Crippen molar-refractivity contribution in [3.05, 3.63) is 30.3 Å². The second-order valence-electron chi connectivity index (χ2n) is 8.01. The first-order valence-corrected chi connectivity index (χ1v) is 11.7. The Morgan fingerprint density at radius 1 is 0.828 bits per heavy atom. The molecule has 0 spiro atoms. The Kier molecular flexibility index (Phi) is 15.2. The lowest BCUT2D eigenvalue weighted by Crippen LogP contribution is -2.28. The van der Waals surface area contributed by atoms with Gasteiger partial charge in [0.15, 0.2) is 0 Å². The van der Waals surface area contributed by atoms with E-state index >= 15 is 0 Å². The number of ether oxygens (including phenoxy) is 2. The van der Waals surface area contributed by atoms with Gasteiger partial charge in [0.25, 0.3) is 0 Å². The molecule has 0 saturated carbocycles. The maximum Gasteiger partial charge on any atom is 0.309 e. The summed E-state index contributed by atoms with van der Waals surface area (Å²) in [5.41, 5.74) is 0. The van der Waals surface area contributed by atoms with Gasteiger partial charge in [0, 0.05) is 0 Å². The van der Waals surface area contributed by atoms with Crippen LogP contribution in [-0.2, 0) is 9.53 Å². The van der Waals surface area contributed by atoms with Gasteiger partial charge in [-0.1, -0.05) is 96.3 Å². The van der Waals surface area contributed by atoms with Crippen molar-refractivity contribution >= 4 is 5.97 Å². The van der Waals surface area contributed by atoms with Crippen LogP contribution in [0.1, 0.15) is 90.9 Å². The summed E-state index contributed by atoms with van der Waals surface area (Å²) in [5, 5.41) is 10.1. The number of para-hydroxylation sites is 1. The van der Waals surface area contributed by atoms with Crippen LogP contribution in [0.5, 0.6) is 5.75 Å². The molecular formula is C25H42O4. The number of unbranched alkanes of at least 4 members (excludes halogenated alkanes) is 8. The van der Waals surface area contributed by atoms with Crippen molar-refractivity contribution in [2.24, 2.45) is 5.92 Å². The van der Waals surface area contributed by atoms with Gasteiger partial charge in [0.1, 0.15) is 25.1 Å². The molecule has 0 aliphatic carbocycles. The highest BCUT2D eigenvalue weighted by atomic mass is 16.5. The number of esters is 1. The average Bonchev–Trinajstić information content (AvgIpc) is 2.75. The fourth-order valence-corrected chi connectivity index (χ4v) is 3.42. The fraction of sp³-hybridized carbons (Fsp3) is 0.720. The Morgan fingerprint density at radius 2 is 1.38 bits per heavy atom. The molecule has 1 rings (SSSR count). The number of carbonyl (C=O) groups excluding carboxylic acids is 1. The van der Waals surface area contributed by atoms with Crippen LogP contribution in [0.3, 0.4) is 0 Å². The van der Waals surface area contributed by atoms with E-state index in [1.54, 1.807) is 0 Å². The first-order valence-electron chi connectivity index (χ1n) is 11.7. The van der Waals surface area contributed by atoms with Crippen molar-refractivity contribution in [2.75, 3.05) is 13.2 Å². The van der Waals surface area contributed by atoms with Gasteiger partial charge >= 0.3 is 5.97 Å². The third-order valence-electron chi connectivity index (χ3n) is 5.25. The fourth-order valence-electron chi connectivity index (χ4n) is 3.42. The normalized spacial score (nSPS) is 13.1. The standard InChI is InChI=1S/C25H42O4/c1-3-5-7-9-10-13-17-22(16-12-8-6-4-2)25(27)29-21-23(26)20-28-24-18-14-11-15-19-24/h11,14-15,18-19,22-23,26H,3-10,12-13,16-17,20-21H2,1-2H3. The lowest BCUT2D eigenvalue weighted by molar-refractivity contribution is -0.152. The molecular weight excluding hydrogens is 364 g/mol. The van der Waals surface area contributed by atoms with Crippen molar-refractivity contribution in [3.63, 3.8) is 0 Å². The van der Waals surface area contributed by atoms with Gasteiger partial charge in [-0.05, 0) is 25.0 Å². The number of benzene rings is 1.